The van der Waals surface area contributed by atoms with E-state index in [-0.39, 0.29) is 17.2 Å². The van der Waals surface area contributed by atoms with Crippen molar-refractivity contribution in [3.63, 3.8) is 0 Å². The van der Waals surface area contributed by atoms with E-state index < -0.39 is 0 Å². The summed E-state index contributed by atoms with van der Waals surface area (Å²) in [5, 5.41) is 0. The van der Waals surface area contributed by atoms with Crippen LogP contribution in [0.2, 0.25) is 0 Å². The van der Waals surface area contributed by atoms with E-state index >= 15 is 0 Å². The first-order valence-electron chi connectivity index (χ1n) is 13.3. The number of para-hydroxylation sites is 1. The Morgan fingerprint density at radius 3 is 2.26 bits per heavy atom. The van der Waals surface area contributed by atoms with Crippen LogP contribution in [-0.4, -0.2) is 25.2 Å². The number of ether oxygens (including phenoxy) is 1. The highest BCUT2D eigenvalue weighted by atomic mass is 16.5. The van der Waals surface area contributed by atoms with Crippen LogP contribution >= 0.6 is 0 Å². The van der Waals surface area contributed by atoms with Gasteiger partial charge < -0.3 is 14.2 Å². The predicted molar refractivity (Wildman–Crippen MR) is 153 cm³/mol. The zero-order chi connectivity index (χ0) is 26.9. The Kier molecular flexibility index (Phi) is 6.52. The minimum absolute atomic E-state index is 0.276. The van der Waals surface area contributed by atoms with Gasteiger partial charge in [-0.15, -0.1) is 0 Å². The minimum atomic E-state index is -0.335. The van der Waals surface area contributed by atoms with E-state index in [9.17, 15) is 9.59 Å². The van der Waals surface area contributed by atoms with E-state index in [0.29, 0.717) is 36.6 Å². The fraction of sp³-hybridized carbons (Fsp3) is 0.258. The molecule has 39 heavy (non-hydrogen) atoms. The van der Waals surface area contributed by atoms with Crippen molar-refractivity contribution >= 4 is 22.8 Å². The van der Waals surface area contributed by atoms with Crippen molar-refractivity contribution in [1.29, 1.82) is 0 Å². The number of hydrogen-bond acceptors (Lipinski definition) is 5. The van der Waals surface area contributed by atoms with Crippen LogP contribution in [0.4, 0.5) is 11.6 Å². The molecule has 0 bridgehead atoms. The van der Waals surface area contributed by atoms with Gasteiger partial charge in [0.1, 0.15) is 11.5 Å². The Bertz CT molecular complexity index is 1720. The second-order valence-corrected chi connectivity index (χ2v) is 10.2. The van der Waals surface area contributed by atoms with Crippen LogP contribution in [0.1, 0.15) is 18.9 Å². The fourth-order valence-electron chi connectivity index (χ4n) is 5.32. The molecular formula is C31H31N5O3. The SMILES string of the molecule is C[C@@H]1CN(c2ccc(Oc3ccccc3)cc2)c2nc3c(c(=O)n(CCCc4ccccc4)c(=O)n3C)n2C1. The monoisotopic (exact) mass is 521 g/mol. The zero-order valence-corrected chi connectivity index (χ0v) is 22.2. The lowest BCUT2D eigenvalue weighted by Crippen LogP contribution is -2.40. The Morgan fingerprint density at radius 1 is 0.872 bits per heavy atom. The molecule has 0 N–H and O–H groups in total. The number of fused-ring (bicyclic) bond motifs is 3. The van der Waals surface area contributed by atoms with Crippen LogP contribution < -0.4 is 20.9 Å². The molecule has 0 amide bonds. The maximum Gasteiger partial charge on any atom is 0.332 e. The molecule has 0 spiro atoms. The summed E-state index contributed by atoms with van der Waals surface area (Å²) < 4.78 is 10.8. The van der Waals surface area contributed by atoms with Gasteiger partial charge in [0.25, 0.3) is 5.56 Å². The van der Waals surface area contributed by atoms with Gasteiger partial charge in [0.05, 0.1) is 0 Å². The first kappa shape index (κ1) is 24.7. The lowest BCUT2D eigenvalue weighted by molar-refractivity contribution is 0.457. The minimum Gasteiger partial charge on any atom is -0.457 e. The van der Waals surface area contributed by atoms with Gasteiger partial charge in [-0.25, -0.2) is 4.79 Å². The molecule has 0 saturated carbocycles. The first-order chi connectivity index (χ1) is 19.0. The number of anilines is 2. The van der Waals surface area contributed by atoms with Crippen molar-refractivity contribution in [3.05, 3.63) is 111 Å². The highest BCUT2D eigenvalue weighted by Crippen LogP contribution is 2.34. The summed E-state index contributed by atoms with van der Waals surface area (Å²) in [6.07, 6.45) is 1.50. The maximum absolute atomic E-state index is 13.7. The van der Waals surface area contributed by atoms with Gasteiger partial charge in [-0.1, -0.05) is 55.5 Å². The van der Waals surface area contributed by atoms with Gasteiger partial charge in [0, 0.05) is 32.4 Å². The highest BCUT2D eigenvalue weighted by Gasteiger charge is 2.29. The molecule has 2 aromatic heterocycles. The third-order valence-corrected chi connectivity index (χ3v) is 7.26. The van der Waals surface area contributed by atoms with Gasteiger partial charge in [-0.3, -0.25) is 13.9 Å². The number of hydrogen-bond donors (Lipinski definition) is 0. The molecular weight excluding hydrogens is 490 g/mol. The molecule has 3 aromatic carbocycles. The highest BCUT2D eigenvalue weighted by molar-refractivity contribution is 5.77. The molecule has 5 aromatic rings. The van der Waals surface area contributed by atoms with Crippen molar-refractivity contribution in [2.24, 2.45) is 13.0 Å². The number of aromatic nitrogens is 4. The largest absolute Gasteiger partial charge is 0.457 e. The van der Waals surface area contributed by atoms with Crippen LogP contribution in [0, 0.1) is 5.92 Å². The van der Waals surface area contributed by atoms with E-state index in [1.165, 1.54) is 14.7 Å². The average Bonchev–Trinajstić information content (AvgIpc) is 3.34. The summed E-state index contributed by atoms with van der Waals surface area (Å²) in [6, 6.07) is 27.7. The van der Waals surface area contributed by atoms with E-state index in [1.54, 1.807) is 7.05 Å². The first-order valence-corrected chi connectivity index (χ1v) is 13.3. The number of benzene rings is 3. The van der Waals surface area contributed by atoms with Gasteiger partial charge in [-0.2, -0.15) is 4.98 Å². The van der Waals surface area contributed by atoms with E-state index in [1.807, 2.05) is 77.4 Å². The van der Waals surface area contributed by atoms with Crippen LogP contribution in [0.15, 0.2) is 94.5 Å². The van der Waals surface area contributed by atoms with Gasteiger partial charge in [0.15, 0.2) is 11.2 Å². The number of nitrogens with zero attached hydrogens (tertiary/aromatic N) is 5. The smallest absolute Gasteiger partial charge is 0.332 e. The lowest BCUT2D eigenvalue weighted by Gasteiger charge is -2.33. The molecule has 3 heterocycles. The third kappa shape index (κ3) is 4.74. The summed E-state index contributed by atoms with van der Waals surface area (Å²) in [5.74, 6) is 2.47. The standard InChI is InChI=1S/C31H31N5O3/c1-22-20-35(24-15-17-26(18-16-24)39-25-13-7-4-8-14-25)30-32-28-27(36(30)21-22)29(37)34(31(38)33(28)2)19-9-12-23-10-5-3-6-11-23/h3-8,10-11,13-18,22H,9,12,19-21H2,1-2H3/t22-/m1/s1. The Balaban J connectivity index is 1.33. The number of aryl methyl sites for hydroxylation is 2. The summed E-state index contributed by atoms with van der Waals surface area (Å²) in [6.45, 7) is 3.93. The maximum atomic E-state index is 13.7. The molecule has 198 valence electrons. The molecule has 0 aliphatic carbocycles. The molecule has 1 atom stereocenters. The van der Waals surface area contributed by atoms with E-state index in [4.69, 9.17) is 9.72 Å². The van der Waals surface area contributed by atoms with E-state index in [0.717, 1.165) is 30.2 Å². The summed E-state index contributed by atoms with van der Waals surface area (Å²) in [4.78, 5) is 33.9. The molecule has 0 fully saturated rings. The Morgan fingerprint density at radius 2 is 1.54 bits per heavy atom. The molecule has 8 nitrogen and oxygen atoms in total. The topological polar surface area (TPSA) is 74.3 Å². The molecule has 8 heteroatoms. The quantitative estimate of drug-likeness (QED) is 0.298. The molecule has 0 radical (unpaired) electrons. The van der Waals surface area contributed by atoms with Crippen molar-refractivity contribution in [2.45, 2.75) is 32.9 Å². The normalized spacial score (nSPS) is 14.9. The molecule has 1 aliphatic rings. The Labute approximate surface area is 226 Å². The molecule has 6 rings (SSSR count). The third-order valence-electron chi connectivity index (χ3n) is 7.26. The molecule has 1 aliphatic heterocycles. The summed E-state index contributed by atoms with van der Waals surface area (Å²) in [5.41, 5.74) is 2.43. The number of imidazole rings is 1. The molecule has 0 saturated heterocycles. The van der Waals surface area contributed by atoms with Gasteiger partial charge >= 0.3 is 5.69 Å². The van der Waals surface area contributed by atoms with E-state index in [2.05, 4.69) is 24.0 Å². The van der Waals surface area contributed by atoms with Crippen LogP contribution in [-0.2, 0) is 26.6 Å². The van der Waals surface area contributed by atoms with Gasteiger partial charge in [-0.05, 0) is 60.7 Å². The second kappa shape index (κ2) is 10.3. The van der Waals surface area contributed by atoms with Crippen LogP contribution in [0.25, 0.3) is 11.2 Å². The van der Waals surface area contributed by atoms with Gasteiger partial charge in [0.2, 0.25) is 5.95 Å². The summed E-state index contributed by atoms with van der Waals surface area (Å²) >= 11 is 0. The Hall–Kier alpha value is -4.59. The molecule has 0 unspecified atom stereocenters. The fourth-order valence-corrected chi connectivity index (χ4v) is 5.32. The van der Waals surface area contributed by atoms with Crippen LogP contribution in [0.3, 0.4) is 0 Å². The van der Waals surface area contributed by atoms with Crippen molar-refractivity contribution in [2.75, 3.05) is 11.4 Å². The summed E-state index contributed by atoms with van der Waals surface area (Å²) in [7, 11) is 1.69. The lowest BCUT2D eigenvalue weighted by atomic mass is 10.1. The number of rotatable bonds is 7. The predicted octanol–water partition coefficient (Wildman–Crippen LogP) is 5.11. The second-order valence-electron chi connectivity index (χ2n) is 10.2. The van der Waals surface area contributed by atoms with Crippen molar-refractivity contribution < 1.29 is 4.74 Å². The van der Waals surface area contributed by atoms with Crippen molar-refractivity contribution in [1.82, 2.24) is 18.7 Å². The average molecular weight is 522 g/mol. The van der Waals surface area contributed by atoms with Crippen LogP contribution in [0.5, 0.6) is 11.5 Å². The van der Waals surface area contributed by atoms with Crippen molar-refractivity contribution in [3.8, 4) is 11.5 Å². The zero-order valence-electron chi connectivity index (χ0n) is 22.2.